The van der Waals surface area contributed by atoms with Gasteiger partial charge < -0.3 is 10.1 Å². The summed E-state index contributed by atoms with van der Waals surface area (Å²) in [5.74, 6) is 0. The van der Waals surface area contributed by atoms with E-state index in [9.17, 15) is 0 Å². The molecule has 106 valence electrons. The number of hydrogen-bond acceptors (Lipinski definition) is 3. The summed E-state index contributed by atoms with van der Waals surface area (Å²) in [6.07, 6.45) is 7.56. The molecule has 1 saturated carbocycles. The van der Waals surface area contributed by atoms with E-state index in [1.807, 2.05) is 0 Å². The quantitative estimate of drug-likeness (QED) is 0.911. The van der Waals surface area contributed by atoms with E-state index in [0.29, 0.717) is 10.6 Å². The number of anilines is 1. The van der Waals surface area contributed by atoms with Crippen LogP contribution in [0, 0.1) is 11.3 Å². The summed E-state index contributed by atoms with van der Waals surface area (Å²) in [6.45, 7) is 0.747. The van der Waals surface area contributed by atoms with E-state index in [2.05, 4.69) is 11.4 Å². The number of benzene rings is 1. The van der Waals surface area contributed by atoms with E-state index in [1.54, 1.807) is 18.2 Å². The Hall–Kier alpha value is -1.24. The highest BCUT2D eigenvalue weighted by molar-refractivity contribution is 6.30. The van der Waals surface area contributed by atoms with Crippen LogP contribution in [-0.2, 0) is 4.74 Å². The number of nitrogens with one attached hydrogen (secondary N) is 1. The molecule has 2 fully saturated rings. The van der Waals surface area contributed by atoms with Crippen LogP contribution < -0.4 is 5.32 Å². The molecule has 1 unspecified atom stereocenters. The molecule has 1 aliphatic heterocycles. The molecular formula is C16H19ClN2O. The van der Waals surface area contributed by atoms with Crippen molar-refractivity contribution >= 4 is 17.3 Å². The van der Waals surface area contributed by atoms with Crippen LogP contribution in [0.5, 0.6) is 0 Å². The predicted molar refractivity (Wildman–Crippen MR) is 80.0 cm³/mol. The van der Waals surface area contributed by atoms with Crippen molar-refractivity contribution in [2.24, 2.45) is 0 Å². The van der Waals surface area contributed by atoms with Crippen LogP contribution in [0.2, 0.25) is 5.02 Å². The fourth-order valence-corrected chi connectivity index (χ4v) is 3.58. The van der Waals surface area contributed by atoms with Gasteiger partial charge in [-0.1, -0.05) is 24.4 Å². The zero-order valence-corrected chi connectivity index (χ0v) is 12.2. The monoisotopic (exact) mass is 290 g/mol. The second kappa shape index (κ2) is 5.63. The average Bonchev–Trinajstić information content (AvgIpc) is 3.07. The third-order valence-corrected chi connectivity index (χ3v) is 4.71. The summed E-state index contributed by atoms with van der Waals surface area (Å²) in [6, 6.07) is 7.48. The maximum absolute atomic E-state index is 9.10. The van der Waals surface area contributed by atoms with Crippen LogP contribution in [0.25, 0.3) is 0 Å². The highest BCUT2D eigenvalue weighted by Gasteiger charge is 2.41. The SMILES string of the molecule is N#Cc1ccc(Cl)cc1NCC1CCC2(CCCC2)O1. The van der Waals surface area contributed by atoms with E-state index in [4.69, 9.17) is 21.6 Å². The summed E-state index contributed by atoms with van der Waals surface area (Å²) in [7, 11) is 0. The van der Waals surface area contributed by atoms with Gasteiger partial charge in [-0.3, -0.25) is 0 Å². The lowest BCUT2D eigenvalue weighted by molar-refractivity contribution is -0.0307. The highest BCUT2D eigenvalue weighted by atomic mass is 35.5. The summed E-state index contributed by atoms with van der Waals surface area (Å²) in [5.41, 5.74) is 1.59. The predicted octanol–water partition coefficient (Wildman–Crippen LogP) is 4.12. The summed E-state index contributed by atoms with van der Waals surface area (Å²) in [5, 5.41) is 13.1. The molecule has 1 spiro atoms. The van der Waals surface area contributed by atoms with E-state index in [1.165, 1.54) is 32.1 Å². The van der Waals surface area contributed by atoms with Crippen molar-refractivity contribution in [3.63, 3.8) is 0 Å². The zero-order chi connectivity index (χ0) is 14.0. The Kier molecular flexibility index (Phi) is 3.87. The molecule has 0 bridgehead atoms. The van der Waals surface area contributed by atoms with Crippen LogP contribution in [0.1, 0.15) is 44.1 Å². The molecule has 1 saturated heterocycles. The Bertz CT molecular complexity index is 532. The Balaban J connectivity index is 1.60. The highest BCUT2D eigenvalue weighted by Crippen LogP contribution is 2.43. The van der Waals surface area contributed by atoms with E-state index in [-0.39, 0.29) is 11.7 Å². The smallest absolute Gasteiger partial charge is 0.101 e. The molecule has 3 nitrogen and oxygen atoms in total. The third-order valence-electron chi connectivity index (χ3n) is 4.48. The van der Waals surface area contributed by atoms with Gasteiger partial charge in [-0.05, 0) is 43.9 Å². The summed E-state index contributed by atoms with van der Waals surface area (Å²) < 4.78 is 6.26. The Morgan fingerprint density at radius 3 is 2.90 bits per heavy atom. The maximum Gasteiger partial charge on any atom is 0.101 e. The number of halogens is 1. The Morgan fingerprint density at radius 1 is 1.35 bits per heavy atom. The van der Waals surface area contributed by atoms with Crippen LogP contribution in [0.3, 0.4) is 0 Å². The lowest BCUT2D eigenvalue weighted by Gasteiger charge is -2.24. The van der Waals surface area contributed by atoms with Gasteiger partial charge in [0.2, 0.25) is 0 Å². The number of ether oxygens (including phenoxy) is 1. The zero-order valence-electron chi connectivity index (χ0n) is 11.5. The number of nitriles is 1. The molecule has 2 aliphatic rings. The minimum Gasteiger partial charge on any atom is -0.381 e. The molecule has 20 heavy (non-hydrogen) atoms. The summed E-state index contributed by atoms with van der Waals surface area (Å²) in [4.78, 5) is 0. The Labute approximate surface area is 124 Å². The average molecular weight is 291 g/mol. The van der Waals surface area contributed by atoms with Crippen molar-refractivity contribution in [3.05, 3.63) is 28.8 Å². The summed E-state index contributed by atoms with van der Waals surface area (Å²) >= 11 is 5.99. The molecule has 0 aromatic heterocycles. The molecule has 1 aromatic rings. The molecule has 1 aliphatic carbocycles. The second-order valence-corrected chi connectivity index (χ2v) is 6.29. The van der Waals surface area contributed by atoms with Gasteiger partial charge >= 0.3 is 0 Å². The first-order chi connectivity index (χ1) is 9.71. The fourth-order valence-electron chi connectivity index (χ4n) is 3.41. The molecule has 1 aromatic carbocycles. The lowest BCUT2D eigenvalue weighted by Crippen LogP contribution is -2.28. The van der Waals surface area contributed by atoms with Crippen LogP contribution in [-0.4, -0.2) is 18.2 Å². The number of hydrogen-bond donors (Lipinski definition) is 1. The lowest BCUT2D eigenvalue weighted by atomic mass is 9.98. The normalized spacial score (nSPS) is 23.9. The Morgan fingerprint density at radius 2 is 2.15 bits per heavy atom. The van der Waals surface area contributed by atoms with Crippen molar-refractivity contribution in [1.82, 2.24) is 0 Å². The first-order valence-electron chi connectivity index (χ1n) is 7.32. The number of nitrogens with zero attached hydrogens (tertiary/aromatic N) is 1. The van der Waals surface area contributed by atoms with E-state index in [0.717, 1.165) is 18.7 Å². The van der Waals surface area contributed by atoms with Gasteiger partial charge in [0.15, 0.2) is 0 Å². The van der Waals surface area contributed by atoms with Gasteiger partial charge in [-0.15, -0.1) is 0 Å². The van der Waals surface area contributed by atoms with E-state index < -0.39 is 0 Å². The van der Waals surface area contributed by atoms with E-state index >= 15 is 0 Å². The second-order valence-electron chi connectivity index (χ2n) is 5.85. The standard InChI is InChI=1S/C16H19ClN2O/c17-13-4-3-12(10-18)15(9-13)19-11-14-5-8-16(20-14)6-1-2-7-16/h3-4,9,14,19H,1-2,5-8,11H2. The molecule has 3 rings (SSSR count). The van der Waals surface area contributed by atoms with Crippen molar-refractivity contribution in [2.75, 3.05) is 11.9 Å². The minimum atomic E-state index is 0.165. The maximum atomic E-state index is 9.10. The van der Waals surface area contributed by atoms with Gasteiger partial charge in [0.05, 0.1) is 23.0 Å². The topological polar surface area (TPSA) is 45.0 Å². The third kappa shape index (κ3) is 2.77. The first kappa shape index (κ1) is 13.7. The van der Waals surface area contributed by atoms with Crippen molar-refractivity contribution in [3.8, 4) is 6.07 Å². The number of rotatable bonds is 3. The van der Waals surface area contributed by atoms with Crippen LogP contribution >= 0.6 is 11.6 Å². The molecule has 1 atom stereocenters. The van der Waals surface area contributed by atoms with Gasteiger partial charge in [-0.25, -0.2) is 0 Å². The van der Waals surface area contributed by atoms with Gasteiger partial charge in [0.25, 0.3) is 0 Å². The fraction of sp³-hybridized carbons (Fsp3) is 0.562. The van der Waals surface area contributed by atoms with Gasteiger partial charge in [-0.2, -0.15) is 5.26 Å². The molecule has 0 radical (unpaired) electrons. The molecular weight excluding hydrogens is 272 g/mol. The van der Waals surface area contributed by atoms with Crippen molar-refractivity contribution in [2.45, 2.75) is 50.2 Å². The molecule has 0 amide bonds. The molecule has 4 heteroatoms. The van der Waals surface area contributed by atoms with Crippen molar-refractivity contribution in [1.29, 1.82) is 5.26 Å². The molecule has 1 heterocycles. The molecule has 1 N–H and O–H groups in total. The minimum absolute atomic E-state index is 0.165. The first-order valence-corrected chi connectivity index (χ1v) is 7.70. The van der Waals surface area contributed by atoms with Gasteiger partial charge in [0.1, 0.15) is 6.07 Å². The van der Waals surface area contributed by atoms with Crippen LogP contribution in [0.15, 0.2) is 18.2 Å². The largest absolute Gasteiger partial charge is 0.381 e. The van der Waals surface area contributed by atoms with Crippen molar-refractivity contribution < 1.29 is 4.74 Å². The van der Waals surface area contributed by atoms with Crippen LogP contribution in [0.4, 0.5) is 5.69 Å². The van der Waals surface area contributed by atoms with Gasteiger partial charge in [0, 0.05) is 11.6 Å².